The van der Waals surface area contributed by atoms with E-state index in [0.29, 0.717) is 49.3 Å². The SMILES string of the molecule is CCCCOc1ccc(-c2ccc(N3CC4(CC(CC(=O)OCC)C4)C3)cc2)c(OCCCC)n1. The van der Waals surface area contributed by atoms with Gasteiger partial charge in [-0.25, -0.2) is 0 Å². The van der Waals surface area contributed by atoms with Gasteiger partial charge in [-0.1, -0.05) is 38.8 Å². The minimum Gasteiger partial charge on any atom is -0.478 e. The standard InChI is InChI=1S/C29H40N2O4/c1-4-7-15-34-26-14-13-25(28(30-26)35-16-8-5-2)23-9-11-24(12-10-23)31-20-29(21-31)18-22(19-29)17-27(32)33-6-3/h9-14,22H,4-8,15-21H2,1-3H3. The fourth-order valence-corrected chi connectivity index (χ4v) is 5.29. The molecule has 1 aromatic carbocycles. The maximum atomic E-state index is 11.7. The molecule has 1 aliphatic carbocycles. The van der Waals surface area contributed by atoms with E-state index >= 15 is 0 Å². The molecule has 2 heterocycles. The Morgan fingerprint density at radius 2 is 1.66 bits per heavy atom. The summed E-state index contributed by atoms with van der Waals surface area (Å²) in [5.41, 5.74) is 3.74. The monoisotopic (exact) mass is 480 g/mol. The molecule has 0 bridgehead atoms. The number of aromatic nitrogens is 1. The minimum absolute atomic E-state index is 0.0489. The fraction of sp³-hybridized carbons (Fsp3) is 0.586. The van der Waals surface area contributed by atoms with Crippen molar-refractivity contribution in [3.05, 3.63) is 36.4 Å². The molecular weight excluding hydrogens is 440 g/mol. The molecule has 0 radical (unpaired) electrons. The summed E-state index contributed by atoms with van der Waals surface area (Å²) in [7, 11) is 0. The van der Waals surface area contributed by atoms with Crippen LogP contribution in [0.3, 0.4) is 0 Å². The van der Waals surface area contributed by atoms with Crippen molar-refractivity contribution < 1.29 is 19.0 Å². The summed E-state index contributed by atoms with van der Waals surface area (Å²) < 4.78 is 17.0. The third-order valence-corrected chi connectivity index (χ3v) is 7.12. The topological polar surface area (TPSA) is 60.9 Å². The predicted molar refractivity (Wildman–Crippen MR) is 139 cm³/mol. The Morgan fingerprint density at radius 1 is 0.971 bits per heavy atom. The fourth-order valence-electron chi connectivity index (χ4n) is 5.29. The molecule has 6 nitrogen and oxygen atoms in total. The summed E-state index contributed by atoms with van der Waals surface area (Å²) in [6.45, 7) is 10.1. The van der Waals surface area contributed by atoms with Crippen LogP contribution in [0, 0.1) is 11.3 Å². The number of pyridine rings is 1. The first-order valence-corrected chi connectivity index (χ1v) is 13.3. The lowest BCUT2D eigenvalue weighted by atomic mass is 9.57. The van der Waals surface area contributed by atoms with Crippen molar-refractivity contribution in [3.63, 3.8) is 0 Å². The van der Waals surface area contributed by atoms with E-state index in [1.165, 1.54) is 5.69 Å². The molecule has 1 spiro atoms. The number of benzene rings is 1. The van der Waals surface area contributed by atoms with Gasteiger partial charge in [0.15, 0.2) is 0 Å². The highest BCUT2D eigenvalue weighted by Gasteiger charge is 2.52. The summed E-state index contributed by atoms with van der Waals surface area (Å²) in [6.07, 6.45) is 7.03. The molecule has 0 N–H and O–H groups in total. The van der Waals surface area contributed by atoms with Crippen molar-refractivity contribution in [2.45, 2.75) is 65.7 Å². The highest BCUT2D eigenvalue weighted by molar-refractivity contribution is 5.71. The van der Waals surface area contributed by atoms with Crippen molar-refractivity contribution in [3.8, 4) is 22.9 Å². The van der Waals surface area contributed by atoms with Crippen molar-refractivity contribution in [2.75, 3.05) is 37.8 Å². The lowest BCUT2D eigenvalue weighted by molar-refractivity contribution is -0.146. The van der Waals surface area contributed by atoms with E-state index in [0.717, 1.165) is 62.7 Å². The third kappa shape index (κ3) is 6.28. The van der Waals surface area contributed by atoms with Crippen LogP contribution >= 0.6 is 0 Å². The van der Waals surface area contributed by atoms with Crippen molar-refractivity contribution >= 4 is 11.7 Å². The lowest BCUT2D eigenvalue weighted by Crippen LogP contribution is -2.62. The van der Waals surface area contributed by atoms with Gasteiger partial charge in [-0.15, -0.1) is 0 Å². The molecule has 35 heavy (non-hydrogen) atoms. The van der Waals surface area contributed by atoms with Crippen LogP contribution in [0.15, 0.2) is 36.4 Å². The summed E-state index contributed by atoms with van der Waals surface area (Å²) in [4.78, 5) is 18.8. The molecule has 2 aromatic rings. The smallest absolute Gasteiger partial charge is 0.306 e. The van der Waals surface area contributed by atoms with E-state index in [4.69, 9.17) is 14.2 Å². The Hall–Kier alpha value is -2.76. The molecule has 1 aromatic heterocycles. The number of hydrogen-bond donors (Lipinski definition) is 0. The number of rotatable bonds is 13. The first-order chi connectivity index (χ1) is 17.1. The van der Waals surface area contributed by atoms with E-state index in [-0.39, 0.29) is 5.97 Å². The van der Waals surface area contributed by atoms with Gasteiger partial charge in [0.05, 0.1) is 19.8 Å². The van der Waals surface area contributed by atoms with Gasteiger partial charge < -0.3 is 19.1 Å². The number of nitrogens with zero attached hydrogens (tertiary/aromatic N) is 2. The lowest BCUT2D eigenvalue weighted by Gasteiger charge is -2.60. The average molecular weight is 481 g/mol. The Bertz CT molecular complexity index is 961. The molecule has 0 amide bonds. The predicted octanol–water partition coefficient (Wildman–Crippen LogP) is 6.28. The Labute approximate surface area is 210 Å². The Balaban J connectivity index is 1.35. The van der Waals surface area contributed by atoms with Gasteiger partial charge in [-0.3, -0.25) is 4.79 Å². The molecule has 190 valence electrons. The van der Waals surface area contributed by atoms with Gasteiger partial charge in [0.1, 0.15) is 0 Å². The first-order valence-electron chi connectivity index (χ1n) is 13.3. The first kappa shape index (κ1) is 25.3. The van der Waals surface area contributed by atoms with E-state index in [2.05, 4.69) is 54.1 Å². The van der Waals surface area contributed by atoms with Crippen molar-refractivity contribution in [1.82, 2.24) is 4.98 Å². The maximum Gasteiger partial charge on any atom is 0.306 e. The van der Waals surface area contributed by atoms with Gasteiger partial charge in [0, 0.05) is 42.2 Å². The second-order valence-corrected chi connectivity index (χ2v) is 10.1. The van der Waals surface area contributed by atoms with E-state index in [9.17, 15) is 4.79 Å². The maximum absolute atomic E-state index is 11.7. The van der Waals surface area contributed by atoms with E-state index in [1.807, 2.05) is 13.0 Å². The van der Waals surface area contributed by atoms with Crippen LogP contribution in [-0.4, -0.2) is 43.9 Å². The molecular formula is C29H40N2O4. The van der Waals surface area contributed by atoms with Crippen molar-refractivity contribution in [1.29, 1.82) is 0 Å². The van der Waals surface area contributed by atoms with Crippen LogP contribution in [-0.2, 0) is 9.53 Å². The molecule has 4 rings (SSSR count). The number of carbonyl (C=O) groups is 1. The molecule has 1 saturated carbocycles. The minimum atomic E-state index is -0.0489. The average Bonchev–Trinajstić information content (AvgIpc) is 2.81. The van der Waals surface area contributed by atoms with Crippen molar-refractivity contribution in [2.24, 2.45) is 11.3 Å². The Morgan fingerprint density at radius 3 is 2.31 bits per heavy atom. The van der Waals surface area contributed by atoms with Gasteiger partial charge >= 0.3 is 5.97 Å². The summed E-state index contributed by atoms with van der Waals surface area (Å²) in [6, 6.07) is 12.7. The summed E-state index contributed by atoms with van der Waals surface area (Å²) in [5.74, 6) is 1.71. The summed E-state index contributed by atoms with van der Waals surface area (Å²) in [5, 5.41) is 0. The zero-order valence-electron chi connectivity index (χ0n) is 21.6. The number of unbranched alkanes of at least 4 members (excludes halogenated alkanes) is 2. The van der Waals surface area contributed by atoms with E-state index < -0.39 is 0 Å². The molecule has 6 heteroatoms. The van der Waals surface area contributed by atoms with Gasteiger partial charge in [0.25, 0.3) is 0 Å². The highest BCUT2D eigenvalue weighted by Crippen LogP contribution is 2.54. The van der Waals surface area contributed by atoms with Crippen LogP contribution in [0.25, 0.3) is 11.1 Å². The number of esters is 1. The van der Waals surface area contributed by atoms with Crippen LogP contribution in [0.2, 0.25) is 0 Å². The second-order valence-electron chi connectivity index (χ2n) is 10.1. The zero-order chi connectivity index (χ0) is 24.7. The highest BCUT2D eigenvalue weighted by atomic mass is 16.5. The van der Waals surface area contributed by atoms with Crippen LogP contribution in [0.1, 0.15) is 65.7 Å². The number of anilines is 1. The van der Waals surface area contributed by atoms with Crippen LogP contribution in [0.5, 0.6) is 11.8 Å². The van der Waals surface area contributed by atoms with Crippen LogP contribution < -0.4 is 14.4 Å². The molecule has 0 unspecified atom stereocenters. The summed E-state index contributed by atoms with van der Waals surface area (Å²) >= 11 is 0. The van der Waals surface area contributed by atoms with Gasteiger partial charge in [-0.05, 0) is 62.3 Å². The third-order valence-electron chi connectivity index (χ3n) is 7.12. The van der Waals surface area contributed by atoms with E-state index in [1.54, 1.807) is 0 Å². The quantitative estimate of drug-likeness (QED) is 0.248. The van der Waals surface area contributed by atoms with Crippen LogP contribution in [0.4, 0.5) is 5.69 Å². The molecule has 0 atom stereocenters. The zero-order valence-corrected chi connectivity index (χ0v) is 21.6. The Kier molecular flexibility index (Phi) is 8.53. The normalized spacial score (nSPS) is 16.5. The number of hydrogen-bond acceptors (Lipinski definition) is 6. The van der Waals surface area contributed by atoms with Gasteiger partial charge in [-0.2, -0.15) is 4.98 Å². The van der Waals surface area contributed by atoms with Gasteiger partial charge in [0.2, 0.25) is 11.8 Å². The largest absolute Gasteiger partial charge is 0.478 e. The molecule has 1 saturated heterocycles. The second kappa shape index (κ2) is 11.8. The molecule has 1 aliphatic heterocycles. The number of ether oxygens (including phenoxy) is 3. The molecule has 2 fully saturated rings. The number of carbonyl (C=O) groups excluding carboxylic acids is 1. The molecule has 2 aliphatic rings.